The Hall–Kier alpha value is -1.49. The van der Waals surface area contributed by atoms with Crippen LogP contribution in [0, 0.1) is 0 Å². The van der Waals surface area contributed by atoms with Crippen LogP contribution in [-0.2, 0) is 17.8 Å². The second kappa shape index (κ2) is 5.37. The van der Waals surface area contributed by atoms with Gasteiger partial charge in [0.05, 0.1) is 0 Å². The monoisotopic (exact) mass is 301 g/mol. The van der Waals surface area contributed by atoms with Gasteiger partial charge in [0.1, 0.15) is 15.9 Å². The van der Waals surface area contributed by atoms with Crippen molar-refractivity contribution < 1.29 is 8.97 Å². The fraction of sp³-hybridized carbons (Fsp3) is 0.294. The second-order valence-corrected chi connectivity index (χ2v) is 7.69. The summed E-state index contributed by atoms with van der Waals surface area (Å²) in [6.07, 6.45) is 1.64. The number of rotatable bonds is 4. The molecule has 0 radical (unpaired) electrons. The van der Waals surface area contributed by atoms with Gasteiger partial charge in [0.25, 0.3) is 0 Å². The van der Waals surface area contributed by atoms with Crippen LogP contribution in [-0.4, -0.2) is 9.30 Å². The number of hydrogen-bond donors (Lipinski definition) is 1. The number of aryl methyl sites for hydroxylation is 1. The van der Waals surface area contributed by atoms with E-state index in [9.17, 15) is 4.55 Å². The van der Waals surface area contributed by atoms with E-state index in [0.717, 1.165) is 34.8 Å². The molecule has 0 aliphatic carbocycles. The van der Waals surface area contributed by atoms with E-state index in [4.69, 9.17) is 9.56 Å². The lowest BCUT2D eigenvalue weighted by atomic mass is 10.0. The van der Waals surface area contributed by atoms with Crippen molar-refractivity contribution in [2.45, 2.75) is 31.4 Å². The average molecular weight is 301 g/mol. The summed E-state index contributed by atoms with van der Waals surface area (Å²) in [7, 11) is 0. The molecule has 0 bridgehead atoms. The Morgan fingerprint density at radius 1 is 1.10 bits per heavy atom. The molecule has 3 aromatic rings. The van der Waals surface area contributed by atoms with Crippen LogP contribution in [0.15, 0.2) is 46.9 Å². The smallest absolute Gasteiger partial charge is 0.139 e. The maximum Gasteiger partial charge on any atom is 0.139 e. The normalized spacial score (nSPS) is 13.9. The van der Waals surface area contributed by atoms with Crippen molar-refractivity contribution in [1.29, 1.82) is 0 Å². The summed E-state index contributed by atoms with van der Waals surface area (Å²) < 4.78 is 17.0. The first-order valence-corrected chi connectivity index (χ1v) is 8.25. The number of hydrogen-bond acceptors (Lipinski definition) is 3. The summed E-state index contributed by atoms with van der Waals surface area (Å²) >= 11 is -1.31. The fourth-order valence-corrected chi connectivity index (χ4v) is 2.78. The molecule has 1 unspecified atom stereocenters. The summed E-state index contributed by atoms with van der Waals surface area (Å²) in [5.74, 6) is 0. The quantitative estimate of drug-likeness (QED) is 0.743. The van der Waals surface area contributed by atoms with Gasteiger partial charge >= 0.3 is 0 Å². The molecule has 0 fully saturated rings. The first-order chi connectivity index (χ1) is 9.97. The summed E-state index contributed by atoms with van der Waals surface area (Å²) in [5, 5.41) is 7.81. The SMILES string of the molecule is CC(C)(CCc1ccc2oc3ccccc3c2c1)[S+](N)[O-]. The molecule has 0 amide bonds. The Morgan fingerprint density at radius 2 is 1.81 bits per heavy atom. The summed E-state index contributed by atoms with van der Waals surface area (Å²) in [6.45, 7) is 3.88. The van der Waals surface area contributed by atoms with Crippen LogP contribution in [0.3, 0.4) is 0 Å². The molecule has 110 valence electrons. The standard InChI is InChI=1S/C17H19NO2S/c1-17(2,21(18)19)10-9-12-7-8-16-14(11-12)13-5-3-4-6-15(13)20-16/h3-8,11H,9-10,18H2,1-2H3. The molecule has 3 nitrogen and oxygen atoms in total. The van der Waals surface area contributed by atoms with Gasteiger partial charge in [-0.15, -0.1) is 0 Å². The van der Waals surface area contributed by atoms with Crippen LogP contribution in [0.2, 0.25) is 0 Å². The molecule has 0 aliphatic rings. The van der Waals surface area contributed by atoms with Gasteiger partial charge in [-0.25, -0.2) is 0 Å². The lowest BCUT2D eigenvalue weighted by Crippen LogP contribution is -2.38. The Bertz CT molecular complexity index is 777. The van der Waals surface area contributed by atoms with Crippen molar-refractivity contribution in [3.05, 3.63) is 48.0 Å². The lowest BCUT2D eigenvalue weighted by molar-refractivity contribution is 0.528. The molecule has 3 rings (SSSR count). The van der Waals surface area contributed by atoms with Crippen LogP contribution >= 0.6 is 0 Å². The van der Waals surface area contributed by atoms with Gasteiger partial charge in [0.15, 0.2) is 0 Å². The highest BCUT2D eigenvalue weighted by Crippen LogP contribution is 2.30. The number of fused-ring (bicyclic) bond motifs is 3. The summed E-state index contributed by atoms with van der Waals surface area (Å²) in [4.78, 5) is 0. The van der Waals surface area contributed by atoms with E-state index in [1.54, 1.807) is 0 Å². The summed E-state index contributed by atoms with van der Waals surface area (Å²) in [6, 6.07) is 14.3. The van der Waals surface area contributed by atoms with Crippen molar-refractivity contribution in [1.82, 2.24) is 0 Å². The molecular formula is C17H19NO2S. The van der Waals surface area contributed by atoms with Gasteiger partial charge in [-0.3, -0.25) is 0 Å². The maximum atomic E-state index is 11.5. The number of nitrogens with two attached hydrogens (primary N) is 1. The van der Waals surface area contributed by atoms with Crippen molar-refractivity contribution in [2.24, 2.45) is 5.14 Å². The highest BCUT2D eigenvalue weighted by Gasteiger charge is 2.29. The van der Waals surface area contributed by atoms with Crippen LogP contribution in [0.4, 0.5) is 0 Å². The van der Waals surface area contributed by atoms with E-state index >= 15 is 0 Å². The highest BCUT2D eigenvalue weighted by atomic mass is 32.2. The van der Waals surface area contributed by atoms with E-state index in [1.807, 2.05) is 38.1 Å². The van der Waals surface area contributed by atoms with E-state index in [2.05, 4.69) is 18.2 Å². The van der Waals surface area contributed by atoms with Crippen molar-refractivity contribution >= 4 is 33.3 Å². The number of para-hydroxylation sites is 1. The van der Waals surface area contributed by atoms with Gasteiger partial charge in [0.2, 0.25) is 0 Å². The number of furan rings is 1. The lowest BCUT2D eigenvalue weighted by Gasteiger charge is -2.24. The molecule has 1 aromatic heterocycles. The van der Waals surface area contributed by atoms with E-state index < -0.39 is 11.4 Å². The van der Waals surface area contributed by atoms with E-state index in [0.29, 0.717) is 0 Å². The minimum atomic E-state index is -1.31. The zero-order valence-electron chi connectivity index (χ0n) is 12.3. The molecule has 1 atom stereocenters. The van der Waals surface area contributed by atoms with Gasteiger partial charge in [0, 0.05) is 28.6 Å². The van der Waals surface area contributed by atoms with Crippen LogP contribution < -0.4 is 5.14 Å². The molecule has 2 aromatic carbocycles. The predicted molar refractivity (Wildman–Crippen MR) is 88.4 cm³/mol. The molecule has 1 heterocycles. The van der Waals surface area contributed by atoms with Gasteiger partial charge < -0.3 is 8.97 Å². The van der Waals surface area contributed by atoms with Crippen LogP contribution in [0.5, 0.6) is 0 Å². The zero-order valence-corrected chi connectivity index (χ0v) is 13.1. The average Bonchev–Trinajstić information content (AvgIpc) is 2.83. The Morgan fingerprint density at radius 3 is 2.57 bits per heavy atom. The molecule has 0 aliphatic heterocycles. The third kappa shape index (κ3) is 2.79. The van der Waals surface area contributed by atoms with Gasteiger partial charge in [-0.1, -0.05) is 24.3 Å². The van der Waals surface area contributed by atoms with Crippen LogP contribution in [0.25, 0.3) is 21.9 Å². The van der Waals surface area contributed by atoms with Crippen molar-refractivity contribution in [3.8, 4) is 0 Å². The van der Waals surface area contributed by atoms with Crippen molar-refractivity contribution in [3.63, 3.8) is 0 Å². The third-order valence-electron chi connectivity index (χ3n) is 4.00. The molecule has 2 N–H and O–H groups in total. The topological polar surface area (TPSA) is 62.2 Å². The third-order valence-corrected chi connectivity index (χ3v) is 5.29. The van der Waals surface area contributed by atoms with Gasteiger partial charge in [-0.2, -0.15) is 5.14 Å². The minimum Gasteiger partial charge on any atom is -0.598 e. The first kappa shape index (κ1) is 14.4. The second-order valence-electron chi connectivity index (χ2n) is 5.99. The first-order valence-electron chi connectivity index (χ1n) is 7.04. The Kier molecular flexibility index (Phi) is 3.69. The van der Waals surface area contributed by atoms with E-state index in [1.165, 1.54) is 5.56 Å². The Balaban J connectivity index is 1.92. The molecule has 4 heteroatoms. The Labute approximate surface area is 127 Å². The van der Waals surface area contributed by atoms with Crippen molar-refractivity contribution in [2.75, 3.05) is 0 Å². The molecule has 21 heavy (non-hydrogen) atoms. The largest absolute Gasteiger partial charge is 0.598 e. The molecule has 0 saturated carbocycles. The van der Waals surface area contributed by atoms with Gasteiger partial charge in [-0.05, 0) is 44.0 Å². The van der Waals surface area contributed by atoms with Crippen LogP contribution in [0.1, 0.15) is 25.8 Å². The highest BCUT2D eigenvalue weighted by molar-refractivity contribution is 7.90. The molecule has 0 saturated heterocycles. The number of benzene rings is 2. The zero-order chi connectivity index (χ0) is 15.0. The summed E-state index contributed by atoms with van der Waals surface area (Å²) in [5.41, 5.74) is 3.03. The predicted octanol–water partition coefficient (Wildman–Crippen LogP) is 3.92. The fourth-order valence-electron chi connectivity index (χ4n) is 2.47. The molecule has 0 spiro atoms. The molecular weight excluding hydrogens is 282 g/mol. The minimum absolute atomic E-state index is 0.368. The van der Waals surface area contributed by atoms with E-state index in [-0.39, 0.29) is 4.75 Å². The maximum absolute atomic E-state index is 11.5.